The van der Waals surface area contributed by atoms with Crippen LogP contribution in [0.25, 0.3) is 11.1 Å². The fraction of sp³-hybridized carbons (Fsp3) is 0.409. The van der Waals surface area contributed by atoms with E-state index in [1.54, 1.807) is 0 Å². The number of carboxylic acids is 1. The molecule has 2 aromatic rings. The number of rotatable bonds is 4. The lowest BCUT2D eigenvalue weighted by molar-refractivity contribution is -0.160. The number of aryl methyl sites for hydroxylation is 2. The lowest BCUT2D eigenvalue weighted by Gasteiger charge is -2.28. The summed E-state index contributed by atoms with van der Waals surface area (Å²) in [5.41, 5.74) is 4.13. The molecule has 2 aromatic carbocycles. The molecule has 0 saturated heterocycles. The Bertz CT molecular complexity index is 817. The highest BCUT2D eigenvalue weighted by molar-refractivity contribution is 5.81. The van der Waals surface area contributed by atoms with Crippen LogP contribution < -0.4 is 4.74 Å². The zero-order chi connectivity index (χ0) is 18.9. The summed E-state index contributed by atoms with van der Waals surface area (Å²) < 4.78 is 11.6. The van der Waals surface area contributed by atoms with E-state index < -0.39 is 17.7 Å². The summed E-state index contributed by atoms with van der Waals surface area (Å²) >= 11 is 0. The Morgan fingerprint density at radius 1 is 1.23 bits per heavy atom. The topological polar surface area (TPSA) is 55.8 Å². The molecule has 0 bridgehead atoms. The summed E-state index contributed by atoms with van der Waals surface area (Å²) in [7, 11) is 0. The van der Waals surface area contributed by atoms with Crippen molar-refractivity contribution in [3.8, 4) is 16.9 Å². The van der Waals surface area contributed by atoms with Crippen molar-refractivity contribution in [1.29, 1.82) is 0 Å². The van der Waals surface area contributed by atoms with Crippen LogP contribution >= 0.6 is 0 Å². The number of ether oxygens (including phenoxy) is 2. The van der Waals surface area contributed by atoms with Crippen LogP contribution in [0.3, 0.4) is 0 Å². The zero-order valence-corrected chi connectivity index (χ0v) is 15.8. The Morgan fingerprint density at radius 2 is 2.00 bits per heavy atom. The first-order valence-electron chi connectivity index (χ1n) is 9.02. The summed E-state index contributed by atoms with van der Waals surface area (Å²) in [6.45, 7) is 8.30. The molecule has 0 aromatic heterocycles. The Balaban J connectivity index is 2.11. The first-order chi connectivity index (χ1) is 12.3. The van der Waals surface area contributed by atoms with Crippen molar-refractivity contribution < 1.29 is 19.4 Å². The van der Waals surface area contributed by atoms with Gasteiger partial charge in [0.25, 0.3) is 0 Å². The average molecular weight is 354 g/mol. The number of carboxylic acid groups (broad SMARTS) is 1. The first kappa shape index (κ1) is 18.5. The van der Waals surface area contributed by atoms with Gasteiger partial charge in [0.1, 0.15) is 5.75 Å². The Kier molecular flexibility index (Phi) is 5.05. The predicted molar refractivity (Wildman–Crippen MR) is 102 cm³/mol. The van der Waals surface area contributed by atoms with Crippen LogP contribution in [-0.4, -0.2) is 23.3 Å². The smallest absolute Gasteiger partial charge is 0.337 e. The van der Waals surface area contributed by atoms with Crippen LogP contribution in [0.2, 0.25) is 0 Å². The molecule has 138 valence electrons. The molecule has 0 saturated carbocycles. The molecule has 26 heavy (non-hydrogen) atoms. The van der Waals surface area contributed by atoms with E-state index in [4.69, 9.17) is 9.47 Å². The molecule has 4 heteroatoms. The van der Waals surface area contributed by atoms with Crippen molar-refractivity contribution in [3.05, 3.63) is 53.1 Å². The van der Waals surface area contributed by atoms with E-state index in [1.807, 2.05) is 58.0 Å². The van der Waals surface area contributed by atoms with Gasteiger partial charge >= 0.3 is 5.97 Å². The maximum Gasteiger partial charge on any atom is 0.337 e. The van der Waals surface area contributed by atoms with E-state index in [2.05, 4.69) is 6.07 Å². The summed E-state index contributed by atoms with van der Waals surface area (Å²) in [6, 6.07) is 12.0. The van der Waals surface area contributed by atoms with Gasteiger partial charge in [-0.05, 0) is 74.9 Å². The highest BCUT2D eigenvalue weighted by Crippen LogP contribution is 2.37. The van der Waals surface area contributed by atoms with E-state index in [9.17, 15) is 9.90 Å². The van der Waals surface area contributed by atoms with Crippen LogP contribution in [0.1, 0.15) is 50.0 Å². The van der Waals surface area contributed by atoms with E-state index in [0.717, 1.165) is 41.9 Å². The molecular weight excluding hydrogens is 328 g/mol. The molecule has 0 spiro atoms. The second-order valence-corrected chi connectivity index (χ2v) is 7.76. The Morgan fingerprint density at radius 3 is 2.69 bits per heavy atom. The lowest BCUT2D eigenvalue weighted by atomic mass is 9.90. The number of aliphatic carboxylic acids is 1. The number of fused-ring (bicyclic) bond motifs is 1. The number of hydrogen-bond acceptors (Lipinski definition) is 3. The first-order valence-corrected chi connectivity index (χ1v) is 9.02. The van der Waals surface area contributed by atoms with Crippen LogP contribution in [0, 0.1) is 6.92 Å². The second-order valence-electron chi connectivity index (χ2n) is 7.76. The molecule has 1 heterocycles. The van der Waals surface area contributed by atoms with E-state index in [1.165, 1.54) is 5.56 Å². The minimum absolute atomic E-state index is 0.563. The molecule has 1 atom stereocenters. The Labute approximate surface area is 154 Å². The van der Waals surface area contributed by atoms with Crippen molar-refractivity contribution in [2.75, 3.05) is 6.61 Å². The third-order valence-corrected chi connectivity index (χ3v) is 4.50. The molecule has 1 aliphatic heterocycles. The highest BCUT2D eigenvalue weighted by Gasteiger charge is 2.30. The molecule has 0 aliphatic carbocycles. The normalized spacial score (nSPS) is 15.1. The zero-order valence-electron chi connectivity index (χ0n) is 15.8. The SMILES string of the molecule is Cc1cccc(-c2ccc3c(c2)CCCO3)c1C(OC(C)(C)C)C(=O)O. The summed E-state index contributed by atoms with van der Waals surface area (Å²) in [5.74, 6) is -0.0494. The molecular formula is C22H26O4. The molecule has 1 unspecified atom stereocenters. The predicted octanol–water partition coefficient (Wildman–Crippen LogP) is 4.93. The van der Waals surface area contributed by atoms with Crippen molar-refractivity contribution in [2.45, 2.75) is 52.2 Å². The number of hydrogen-bond donors (Lipinski definition) is 1. The summed E-state index contributed by atoms with van der Waals surface area (Å²) in [5, 5.41) is 9.83. The molecule has 1 N–H and O–H groups in total. The fourth-order valence-electron chi connectivity index (χ4n) is 3.39. The van der Waals surface area contributed by atoms with Crippen molar-refractivity contribution in [2.24, 2.45) is 0 Å². The quantitative estimate of drug-likeness (QED) is 0.846. The lowest BCUT2D eigenvalue weighted by Crippen LogP contribution is -2.28. The van der Waals surface area contributed by atoms with Gasteiger partial charge in [-0.15, -0.1) is 0 Å². The van der Waals surface area contributed by atoms with Gasteiger partial charge in [0, 0.05) is 5.56 Å². The Hall–Kier alpha value is -2.33. The van der Waals surface area contributed by atoms with Gasteiger partial charge < -0.3 is 14.6 Å². The minimum Gasteiger partial charge on any atom is -0.493 e. The average Bonchev–Trinajstić information content (AvgIpc) is 2.58. The standard InChI is InChI=1S/C22H26O4/c1-14-7-5-9-17(19(14)20(21(23)24)26-22(2,3)4)15-10-11-18-16(13-15)8-6-12-25-18/h5,7,9-11,13,20H,6,8,12H2,1-4H3,(H,23,24). The van der Waals surface area contributed by atoms with Gasteiger partial charge in [0.15, 0.2) is 6.10 Å². The van der Waals surface area contributed by atoms with Gasteiger partial charge in [-0.25, -0.2) is 4.79 Å². The van der Waals surface area contributed by atoms with Gasteiger partial charge in [0.05, 0.1) is 12.2 Å². The minimum atomic E-state index is -1.02. The van der Waals surface area contributed by atoms with Crippen LogP contribution in [-0.2, 0) is 16.0 Å². The molecule has 3 rings (SSSR count). The molecule has 0 amide bonds. The maximum absolute atomic E-state index is 12.0. The summed E-state index contributed by atoms with van der Waals surface area (Å²) in [4.78, 5) is 12.0. The van der Waals surface area contributed by atoms with E-state index in [-0.39, 0.29) is 0 Å². The fourth-order valence-corrected chi connectivity index (χ4v) is 3.39. The monoisotopic (exact) mass is 354 g/mol. The second kappa shape index (κ2) is 7.12. The largest absolute Gasteiger partial charge is 0.493 e. The van der Waals surface area contributed by atoms with Crippen LogP contribution in [0.5, 0.6) is 5.75 Å². The van der Waals surface area contributed by atoms with E-state index in [0.29, 0.717) is 5.56 Å². The third kappa shape index (κ3) is 3.91. The van der Waals surface area contributed by atoms with Gasteiger partial charge in [0.2, 0.25) is 0 Å². The van der Waals surface area contributed by atoms with Gasteiger partial charge in [-0.1, -0.05) is 24.3 Å². The van der Waals surface area contributed by atoms with E-state index >= 15 is 0 Å². The van der Waals surface area contributed by atoms with Crippen molar-refractivity contribution in [3.63, 3.8) is 0 Å². The maximum atomic E-state index is 12.0. The van der Waals surface area contributed by atoms with Crippen molar-refractivity contribution >= 4 is 5.97 Å². The van der Waals surface area contributed by atoms with Crippen molar-refractivity contribution in [1.82, 2.24) is 0 Å². The van der Waals surface area contributed by atoms with Gasteiger partial charge in [-0.2, -0.15) is 0 Å². The van der Waals surface area contributed by atoms with Crippen LogP contribution in [0.4, 0.5) is 0 Å². The summed E-state index contributed by atoms with van der Waals surface area (Å²) in [6.07, 6.45) is 0.964. The molecule has 0 fully saturated rings. The van der Waals surface area contributed by atoms with Crippen LogP contribution in [0.15, 0.2) is 36.4 Å². The third-order valence-electron chi connectivity index (χ3n) is 4.50. The highest BCUT2D eigenvalue weighted by atomic mass is 16.5. The molecule has 0 radical (unpaired) electrons. The number of carbonyl (C=O) groups is 1. The molecule has 4 nitrogen and oxygen atoms in total. The molecule has 1 aliphatic rings. The van der Waals surface area contributed by atoms with Gasteiger partial charge in [-0.3, -0.25) is 0 Å². The number of benzene rings is 2.